The topological polar surface area (TPSA) is 57.3 Å². The summed E-state index contributed by atoms with van der Waals surface area (Å²) in [6.45, 7) is 8.61. The van der Waals surface area contributed by atoms with Gasteiger partial charge in [-0.3, -0.25) is 4.79 Å². The number of piperidine rings is 1. The minimum atomic E-state index is -0.152. The van der Waals surface area contributed by atoms with Crippen molar-refractivity contribution < 1.29 is 4.79 Å². The standard InChI is InChI=1S/C29H40N4OS/c1-19-8-6-7-11-23(19)22-12-13-33(26(14-22)21-9-4-3-5-10-21)28(34)24-15-30-17-29(24)18-31-16-25-27(29)35-20(2)32-25/h6-8,11,21-22,24,26,30-31H,3-5,9-10,12-18H2,1-2H3/t22-,24+,26+,29+/m1/s1. The second-order valence-electron chi connectivity index (χ2n) is 11.5. The van der Waals surface area contributed by atoms with Crippen molar-refractivity contribution in [1.29, 1.82) is 0 Å². The van der Waals surface area contributed by atoms with Crippen LogP contribution in [0.25, 0.3) is 0 Å². The number of fused-ring (bicyclic) bond motifs is 2. The lowest BCUT2D eigenvalue weighted by Crippen LogP contribution is -2.57. The van der Waals surface area contributed by atoms with E-state index in [0.29, 0.717) is 23.8 Å². The van der Waals surface area contributed by atoms with Gasteiger partial charge in [0.1, 0.15) is 0 Å². The average molecular weight is 493 g/mol. The van der Waals surface area contributed by atoms with Crippen LogP contribution in [0.1, 0.15) is 77.6 Å². The molecule has 4 aliphatic rings. The van der Waals surface area contributed by atoms with E-state index in [4.69, 9.17) is 4.98 Å². The van der Waals surface area contributed by atoms with Gasteiger partial charge in [0.2, 0.25) is 5.91 Å². The molecule has 2 saturated heterocycles. The van der Waals surface area contributed by atoms with Gasteiger partial charge in [-0.05, 0) is 62.5 Å². The molecule has 4 atom stereocenters. The summed E-state index contributed by atoms with van der Waals surface area (Å²) in [5, 5.41) is 8.37. The summed E-state index contributed by atoms with van der Waals surface area (Å²) in [7, 11) is 0. The third-order valence-corrected chi connectivity index (χ3v) is 10.7. The fraction of sp³-hybridized carbons (Fsp3) is 0.655. The van der Waals surface area contributed by atoms with Crippen LogP contribution < -0.4 is 10.6 Å². The molecule has 188 valence electrons. The maximum absolute atomic E-state index is 14.5. The SMILES string of the molecule is Cc1nc2c(s1)[C@]1(CNC2)CNC[C@H]1C(=O)N1CC[C@@H](c2ccccc2C)C[C@H]1C1CCCCC1. The van der Waals surface area contributed by atoms with Crippen molar-refractivity contribution in [2.24, 2.45) is 11.8 Å². The predicted octanol–water partition coefficient (Wildman–Crippen LogP) is 4.68. The second-order valence-corrected chi connectivity index (χ2v) is 12.7. The molecule has 2 aromatic rings. The number of hydrogen-bond donors (Lipinski definition) is 2. The molecule has 35 heavy (non-hydrogen) atoms. The summed E-state index contributed by atoms with van der Waals surface area (Å²) < 4.78 is 0. The van der Waals surface area contributed by atoms with Crippen LogP contribution in [0.5, 0.6) is 0 Å². The van der Waals surface area contributed by atoms with Crippen molar-refractivity contribution in [2.75, 3.05) is 26.2 Å². The summed E-state index contributed by atoms with van der Waals surface area (Å²) >= 11 is 1.82. The third kappa shape index (κ3) is 4.15. The monoisotopic (exact) mass is 492 g/mol. The Hall–Kier alpha value is -1.76. The highest BCUT2D eigenvalue weighted by atomic mass is 32.1. The number of aryl methyl sites for hydroxylation is 2. The maximum atomic E-state index is 14.5. The first-order valence-corrected chi connectivity index (χ1v) is 14.6. The van der Waals surface area contributed by atoms with E-state index in [1.165, 1.54) is 53.8 Å². The number of carbonyl (C=O) groups is 1. The zero-order chi connectivity index (χ0) is 24.0. The molecule has 6 rings (SSSR count). The van der Waals surface area contributed by atoms with E-state index in [-0.39, 0.29) is 11.3 Å². The Morgan fingerprint density at radius 2 is 1.89 bits per heavy atom. The highest BCUT2D eigenvalue weighted by Gasteiger charge is 2.54. The molecular weight excluding hydrogens is 452 g/mol. The quantitative estimate of drug-likeness (QED) is 0.654. The average Bonchev–Trinajstić information content (AvgIpc) is 3.48. The molecule has 4 heterocycles. The molecule has 3 aliphatic heterocycles. The Balaban J connectivity index is 1.30. The van der Waals surface area contributed by atoms with Crippen molar-refractivity contribution in [2.45, 2.75) is 82.7 Å². The summed E-state index contributed by atoms with van der Waals surface area (Å²) in [6.07, 6.45) is 8.76. The van der Waals surface area contributed by atoms with E-state index < -0.39 is 0 Å². The minimum absolute atomic E-state index is 0.00463. The smallest absolute Gasteiger partial charge is 0.228 e. The number of aromatic nitrogens is 1. The molecule has 1 aliphatic carbocycles. The van der Waals surface area contributed by atoms with Gasteiger partial charge < -0.3 is 15.5 Å². The Labute approximate surface area is 214 Å². The van der Waals surface area contributed by atoms with Crippen LogP contribution >= 0.6 is 11.3 Å². The molecule has 5 nitrogen and oxygen atoms in total. The number of thiazole rings is 1. The van der Waals surface area contributed by atoms with Crippen molar-refractivity contribution in [3.05, 3.63) is 51.0 Å². The van der Waals surface area contributed by atoms with Gasteiger partial charge in [0.05, 0.1) is 16.6 Å². The molecule has 1 saturated carbocycles. The lowest BCUT2D eigenvalue weighted by molar-refractivity contribution is -0.142. The van der Waals surface area contributed by atoms with E-state index in [2.05, 4.69) is 53.6 Å². The van der Waals surface area contributed by atoms with E-state index in [1.807, 2.05) is 11.3 Å². The fourth-order valence-electron chi connectivity index (χ4n) is 7.73. The van der Waals surface area contributed by atoms with Gasteiger partial charge in [-0.2, -0.15) is 0 Å². The van der Waals surface area contributed by atoms with Crippen molar-refractivity contribution in [1.82, 2.24) is 20.5 Å². The second kappa shape index (κ2) is 9.60. The van der Waals surface area contributed by atoms with Gasteiger partial charge in [0.15, 0.2) is 0 Å². The normalized spacial score (nSPS) is 31.6. The predicted molar refractivity (Wildman–Crippen MR) is 142 cm³/mol. The van der Waals surface area contributed by atoms with Gasteiger partial charge >= 0.3 is 0 Å². The van der Waals surface area contributed by atoms with Gasteiger partial charge in [0.25, 0.3) is 0 Å². The van der Waals surface area contributed by atoms with Crippen LogP contribution in [0, 0.1) is 25.7 Å². The number of nitrogens with one attached hydrogen (secondary N) is 2. The number of hydrogen-bond acceptors (Lipinski definition) is 5. The number of carbonyl (C=O) groups excluding carboxylic acids is 1. The summed E-state index contributed by atoms with van der Waals surface area (Å²) in [4.78, 5) is 23.0. The Morgan fingerprint density at radius 1 is 1.09 bits per heavy atom. The lowest BCUT2D eigenvalue weighted by Gasteiger charge is -2.47. The molecule has 6 heteroatoms. The Morgan fingerprint density at radius 3 is 2.71 bits per heavy atom. The highest BCUT2D eigenvalue weighted by Crippen LogP contribution is 2.46. The molecule has 1 aromatic carbocycles. The molecule has 2 N–H and O–H groups in total. The molecule has 0 bridgehead atoms. The number of likely N-dealkylation sites (tertiary alicyclic amines) is 1. The van der Waals surface area contributed by atoms with Crippen LogP contribution in [-0.2, 0) is 16.8 Å². The number of benzene rings is 1. The van der Waals surface area contributed by atoms with Crippen molar-refractivity contribution in [3.8, 4) is 0 Å². The number of amides is 1. The Bertz CT molecular complexity index is 1080. The van der Waals surface area contributed by atoms with Crippen LogP contribution in [0.2, 0.25) is 0 Å². The van der Waals surface area contributed by atoms with Crippen molar-refractivity contribution in [3.63, 3.8) is 0 Å². The molecule has 3 fully saturated rings. The van der Waals surface area contributed by atoms with E-state index in [1.54, 1.807) is 0 Å². The number of nitrogens with zero attached hydrogens (tertiary/aromatic N) is 2. The van der Waals surface area contributed by atoms with Crippen LogP contribution in [0.15, 0.2) is 24.3 Å². The van der Waals surface area contributed by atoms with Crippen molar-refractivity contribution >= 4 is 17.2 Å². The Kier molecular flexibility index (Phi) is 6.48. The molecule has 0 radical (unpaired) electrons. The zero-order valence-corrected chi connectivity index (χ0v) is 22.1. The maximum Gasteiger partial charge on any atom is 0.228 e. The minimum Gasteiger partial charge on any atom is -0.339 e. The third-order valence-electron chi connectivity index (χ3n) is 9.49. The van der Waals surface area contributed by atoms with Crippen LogP contribution in [-0.4, -0.2) is 48.0 Å². The van der Waals surface area contributed by atoms with Gasteiger partial charge in [-0.15, -0.1) is 11.3 Å². The molecule has 1 aromatic heterocycles. The lowest BCUT2D eigenvalue weighted by atomic mass is 9.71. The highest BCUT2D eigenvalue weighted by molar-refractivity contribution is 7.11. The van der Waals surface area contributed by atoms with Crippen LogP contribution in [0.4, 0.5) is 0 Å². The summed E-state index contributed by atoms with van der Waals surface area (Å²) in [5.41, 5.74) is 3.92. The zero-order valence-electron chi connectivity index (χ0n) is 21.3. The summed E-state index contributed by atoms with van der Waals surface area (Å²) in [6, 6.07) is 9.29. The van der Waals surface area contributed by atoms with E-state index >= 15 is 0 Å². The van der Waals surface area contributed by atoms with Crippen LogP contribution in [0.3, 0.4) is 0 Å². The first-order chi connectivity index (χ1) is 17.1. The molecule has 0 unspecified atom stereocenters. The molecule has 1 amide bonds. The first kappa shape index (κ1) is 23.6. The van der Waals surface area contributed by atoms with Gasteiger partial charge in [-0.25, -0.2) is 4.98 Å². The molecule has 1 spiro atoms. The summed E-state index contributed by atoms with van der Waals surface area (Å²) in [5.74, 6) is 1.61. The largest absolute Gasteiger partial charge is 0.339 e. The van der Waals surface area contributed by atoms with E-state index in [9.17, 15) is 4.79 Å². The van der Waals surface area contributed by atoms with E-state index in [0.717, 1.165) is 50.6 Å². The molecular formula is C29H40N4OS. The first-order valence-electron chi connectivity index (χ1n) is 13.8. The van der Waals surface area contributed by atoms with Gasteiger partial charge in [0, 0.05) is 49.1 Å². The number of rotatable bonds is 3. The fourth-order valence-corrected chi connectivity index (χ4v) is 8.91. The van der Waals surface area contributed by atoms with Gasteiger partial charge in [-0.1, -0.05) is 43.5 Å².